The fourth-order valence-electron chi connectivity index (χ4n) is 8.09. The Bertz CT molecular complexity index is 1520. The van der Waals surface area contributed by atoms with Gasteiger partial charge in [0.05, 0.1) is 0 Å². The molecule has 0 heteroatoms. The third-order valence-corrected chi connectivity index (χ3v) is 9.98. The quantitative estimate of drug-likeness (QED) is 0.258. The Balaban J connectivity index is 1.34. The summed E-state index contributed by atoms with van der Waals surface area (Å²) in [6.07, 6.45) is 12.6. The van der Waals surface area contributed by atoms with Crippen LogP contribution in [0.4, 0.5) is 0 Å². The molecule has 0 heterocycles. The van der Waals surface area contributed by atoms with Crippen LogP contribution in [-0.4, -0.2) is 0 Å². The number of benzene rings is 4. The van der Waals surface area contributed by atoms with Crippen LogP contribution in [0.1, 0.15) is 70.2 Å². The maximum Gasteiger partial charge on any atom is 0.0134 e. The molecule has 0 unspecified atom stereocenters. The van der Waals surface area contributed by atoms with Crippen molar-refractivity contribution in [2.24, 2.45) is 5.41 Å². The first-order valence-electron chi connectivity index (χ1n) is 14.8. The lowest BCUT2D eigenvalue weighted by atomic mass is 9.71. The predicted octanol–water partition coefficient (Wildman–Crippen LogP) is 10.4. The highest BCUT2D eigenvalue weighted by Gasteiger charge is 2.43. The molecule has 0 radical (unpaired) electrons. The predicted molar refractivity (Wildman–Crippen MR) is 167 cm³/mol. The first kappa shape index (κ1) is 24.4. The summed E-state index contributed by atoms with van der Waals surface area (Å²) in [4.78, 5) is 0. The van der Waals surface area contributed by atoms with Gasteiger partial charge in [0.15, 0.2) is 0 Å². The van der Waals surface area contributed by atoms with Crippen molar-refractivity contribution in [1.29, 1.82) is 0 Å². The molecule has 0 amide bonds. The van der Waals surface area contributed by atoms with Crippen LogP contribution in [0.15, 0.2) is 83.9 Å². The van der Waals surface area contributed by atoms with Gasteiger partial charge in [0, 0.05) is 5.41 Å². The normalized spacial score (nSPS) is 17.1. The topological polar surface area (TPSA) is 0 Å². The maximum atomic E-state index is 2.61. The number of hydrogen-bond donors (Lipinski definition) is 0. The van der Waals surface area contributed by atoms with Gasteiger partial charge in [0.1, 0.15) is 0 Å². The van der Waals surface area contributed by atoms with E-state index in [1.165, 1.54) is 92.4 Å². The Labute approximate surface area is 234 Å². The third kappa shape index (κ3) is 3.80. The van der Waals surface area contributed by atoms with E-state index in [0.29, 0.717) is 0 Å². The minimum atomic E-state index is 0.189. The van der Waals surface area contributed by atoms with Crippen LogP contribution in [0.3, 0.4) is 0 Å². The van der Waals surface area contributed by atoms with E-state index < -0.39 is 0 Å². The fraction of sp³-hybridized carbons (Fsp3) is 0.282. The minimum Gasteiger partial charge on any atom is -0.0617 e. The van der Waals surface area contributed by atoms with Crippen molar-refractivity contribution in [3.63, 3.8) is 0 Å². The van der Waals surface area contributed by atoms with E-state index in [9.17, 15) is 0 Å². The highest BCUT2D eigenvalue weighted by atomic mass is 14.5. The van der Waals surface area contributed by atoms with Gasteiger partial charge < -0.3 is 0 Å². The molecule has 0 aromatic heterocycles. The molecule has 0 saturated heterocycles. The van der Waals surface area contributed by atoms with Gasteiger partial charge in [-0.3, -0.25) is 0 Å². The van der Waals surface area contributed by atoms with Crippen molar-refractivity contribution in [2.75, 3.05) is 0 Å². The van der Waals surface area contributed by atoms with Gasteiger partial charge in [-0.25, -0.2) is 0 Å². The van der Waals surface area contributed by atoms with Crippen molar-refractivity contribution < 1.29 is 0 Å². The van der Waals surface area contributed by atoms with E-state index in [0.717, 1.165) is 12.8 Å². The largest absolute Gasteiger partial charge is 0.0617 e. The monoisotopic (exact) mass is 506 g/mol. The molecule has 1 fully saturated rings. The van der Waals surface area contributed by atoms with Gasteiger partial charge in [-0.05, 0) is 120 Å². The molecule has 0 N–H and O–H groups in total. The zero-order valence-corrected chi connectivity index (χ0v) is 23.8. The van der Waals surface area contributed by atoms with Crippen LogP contribution < -0.4 is 0 Å². The highest BCUT2D eigenvalue weighted by Crippen LogP contribution is 2.57. The Morgan fingerprint density at radius 3 is 1.28 bits per heavy atom. The van der Waals surface area contributed by atoms with Gasteiger partial charge in [-0.1, -0.05) is 109 Å². The van der Waals surface area contributed by atoms with Crippen molar-refractivity contribution in [2.45, 2.75) is 66.2 Å². The molecule has 0 spiro atoms. The average molecular weight is 507 g/mol. The lowest BCUT2D eigenvalue weighted by Gasteiger charge is -2.33. The molecule has 0 nitrogen and oxygen atoms in total. The maximum absolute atomic E-state index is 2.61. The Kier molecular flexibility index (Phi) is 5.78. The molecule has 3 aliphatic carbocycles. The zero-order chi connectivity index (χ0) is 26.7. The summed E-state index contributed by atoms with van der Waals surface area (Å²) in [5, 5.41) is 0. The SMILES string of the molecule is Cc1cccc(C)c1-c1cccc2c1C=C(C1(C3=Cc4c(cccc4-c4c(C)cccc4C)C3)CCCC1)C2. The number of fused-ring (bicyclic) bond motifs is 2. The molecule has 39 heavy (non-hydrogen) atoms. The summed E-state index contributed by atoms with van der Waals surface area (Å²) < 4.78 is 0. The summed E-state index contributed by atoms with van der Waals surface area (Å²) in [5.74, 6) is 0. The molecule has 7 rings (SSSR count). The van der Waals surface area contributed by atoms with Crippen LogP contribution >= 0.6 is 0 Å². The van der Waals surface area contributed by atoms with E-state index in [-0.39, 0.29) is 5.41 Å². The molecule has 0 bridgehead atoms. The smallest absolute Gasteiger partial charge is 0.0134 e. The number of allylic oxidation sites excluding steroid dienone is 2. The molecule has 0 aliphatic heterocycles. The Morgan fingerprint density at radius 1 is 0.487 bits per heavy atom. The van der Waals surface area contributed by atoms with E-state index >= 15 is 0 Å². The van der Waals surface area contributed by atoms with Gasteiger partial charge in [0.2, 0.25) is 0 Å². The number of hydrogen-bond acceptors (Lipinski definition) is 0. The summed E-state index contributed by atoms with van der Waals surface area (Å²) in [6.45, 7) is 9.03. The van der Waals surface area contributed by atoms with Gasteiger partial charge in [0.25, 0.3) is 0 Å². The second kappa shape index (κ2) is 9.23. The number of rotatable bonds is 4. The average Bonchev–Trinajstić information content (AvgIpc) is 3.67. The van der Waals surface area contributed by atoms with E-state index in [1.54, 1.807) is 11.1 Å². The molecule has 3 aliphatic rings. The lowest BCUT2D eigenvalue weighted by Crippen LogP contribution is -2.22. The summed E-state index contributed by atoms with van der Waals surface area (Å²) in [6, 6.07) is 27.4. The van der Waals surface area contributed by atoms with Crippen LogP contribution in [0, 0.1) is 33.1 Å². The molecular formula is C39H38. The number of aryl methyl sites for hydroxylation is 4. The van der Waals surface area contributed by atoms with E-state index in [2.05, 4.69) is 113 Å². The van der Waals surface area contributed by atoms with Gasteiger partial charge in [-0.2, -0.15) is 0 Å². The van der Waals surface area contributed by atoms with Crippen LogP contribution in [0.2, 0.25) is 0 Å². The van der Waals surface area contributed by atoms with E-state index in [4.69, 9.17) is 0 Å². The Hall–Kier alpha value is -3.64. The zero-order valence-electron chi connectivity index (χ0n) is 23.8. The van der Waals surface area contributed by atoms with Crippen LogP contribution in [-0.2, 0) is 12.8 Å². The fourth-order valence-corrected chi connectivity index (χ4v) is 8.09. The van der Waals surface area contributed by atoms with Crippen molar-refractivity contribution in [1.82, 2.24) is 0 Å². The van der Waals surface area contributed by atoms with Gasteiger partial charge >= 0.3 is 0 Å². The van der Waals surface area contributed by atoms with Crippen LogP contribution in [0.5, 0.6) is 0 Å². The standard InChI is InChI=1S/C39H38/c1-25-11-7-12-26(2)37(25)33-17-9-15-29-21-31(23-35(29)33)39(19-5-6-20-39)32-22-30-16-10-18-34(36(30)24-32)38-27(3)13-8-14-28(38)4/h7-18,23-24H,5-6,19-22H2,1-4H3. The summed E-state index contributed by atoms with van der Waals surface area (Å²) in [7, 11) is 0. The summed E-state index contributed by atoms with van der Waals surface area (Å²) >= 11 is 0. The van der Waals surface area contributed by atoms with Crippen molar-refractivity contribution in [3.8, 4) is 22.3 Å². The first-order chi connectivity index (χ1) is 19.0. The molecule has 1 saturated carbocycles. The third-order valence-electron chi connectivity index (χ3n) is 9.98. The molecular weight excluding hydrogens is 468 g/mol. The van der Waals surface area contributed by atoms with Crippen molar-refractivity contribution in [3.05, 3.63) is 128 Å². The lowest BCUT2D eigenvalue weighted by molar-refractivity contribution is 0.437. The van der Waals surface area contributed by atoms with Gasteiger partial charge in [-0.15, -0.1) is 0 Å². The highest BCUT2D eigenvalue weighted by molar-refractivity contribution is 5.87. The first-order valence-corrected chi connectivity index (χ1v) is 14.8. The minimum absolute atomic E-state index is 0.189. The van der Waals surface area contributed by atoms with Crippen molar-refractivity contribution >= 4 is 12.2 Å². The molecule has 194 valence electrons. The molecule has 0 atom stereocenters. The second-order valence-corrected chi connectivity index (χ2v) is 12.3. The van der Waals surface area contributed by atoms with Crippen LogP contribution in [0.25, 0.3) is 34.4 Å². The second-order valence-electron chi connectivity index (χ2n) is 12.3. The van der Waals surface area contributed by atoms with E-state index in [1.807, 2.05) is 0 Å². The Morgan fingerprint density at radius 2 is 0.872 bits per heavy atom. The molecule has 4 aromatic carbocycles. The molecule has 4 aromatic rings. The summed E-state index contributed by atoms with van der Waals surface area (Å²) in [5.41, 5.74) is 20.6.